The van der Waals surface area contributed by atoms with Crippen LogP contribution in [-0.4, -0.2) is 23.2 Å². The number of nitrogens with zero attached hydrogens (tertiary/aromatic N) is 3. The summed E-state index contributed by atoms with van der Waals surface area (Å²) in [5.41, 5.74) is 8.64. The molecule has 0 aromatic heterocycles. The first-order valence-corrected chi connectivity index (χ1v) is 4.50. The highest BCUT2D eigenvalue weighted by Gasteiger charge is 2.27. The van der Waals surface area contributed by atoms with E-state index in [1.165, 1.54) is 0 Å². The van der Waals surface area contributed by atoms with Gasteiger partial charge in [-0.05, 0) is 12.1 Å². The van der Waals surface area contributed by atoms with Gasteiger partial charge >= 0.3 is 0 Å². The molecule has 4 N–H and O–H groups in total. The second-order valence-corrected chi connectivity index (χ2v) is 3.11. The maximum atomic E-state index is 9.38. The first-order chi connectivity index (χ1) is 7.27. The number of amidine groups is 1. The minimum Gasteiger partial charge on any atom is -0.384 e. The van der Waals surface area contributed by atoms with Crippen molar-refractivity contribution < 1.29 is 5.11 Å². The van der Waals surface area contributed by atoms with Crippen LogP contribution in [0.2, 0.25) is 0 Å². The monoisotopic (exact) mass is 205 g/mol. The van der Waals surface area contributed by atoms with E-state index in [0.29, 0.717) is 5.69 Å². The lowest BCUT2D eigenvalue weighted by Gasteiger charge is -2.06. The Kier molecular flexibility index (Phi) is 2.59. The molecule has 0 radical (unpaired) electrons. The first kappa shape index (κ1) is 9.60. The Bertz CT molecular complexity index is 389. The zero-order chi connectivity index (χ0) is 10.7. The SMILES string of the molecule is NC1=NN[C@H](O)[C@H]1N=Nc1ccccc1. The molecule has 78 valence electrons. The van der Waals surface area contributed by atoms with Crippen LogP contribution in [0, 0.1) is 0 Å². The Hall–Kier alpha value is -1.95. The molecule has 0 saturated heterocycles. The van der Waals surface area contributed by atoms with Gasteiger partial charge in [0.25, 0.3) is 0 Å². The van der Waals surface area contributed by atoms with Crippen molar-refractivity contribution in [3.8, 4) is 0 Å². The van der Waals surface area contributed by atoms with Gasteiger partial charge in [-0.1, -0.05) is 18.2 Å². The molecule has 6 nitrogen and oxygen atoms in total. The Labute approximate surface area is 86.5 Å². The van der Waals surface area contributed by atoms with Crippen LogP contribution in [0.15, 0.2) is 45.7 Å². The van der Waals surface area contributed by atoms with Crippen LogP contribution in [-0.2, 0) is 0 Å². The number of hydrogen-bond donors (Lipinski definition) is 3. The van der Waals surface area contributed by atoms with Gasteiger partial charge in [0, 0.05) is 0 Å². The van der Waals surface area contributed by atoms with Crippen LogP contribution in [0.5, 0.6) is 0 Å². The number of hydrazone groups is 1. The van der Waals surface area contributed by atoms with Crippen LogP contribution >= 0.6 is 0 Å². The molecule has 1 heterocycles. The van der Waals surface area contributed by atoms with E-state index in [-0.39, 0.29) is 5.84 Å². The molecule has 0 aliphatic carbocycles. The molecule has 0 unspecified atom stereocenters. The highest BCUT2D eigenvalue weighted by atomic mass is 16.3. The number of aliphatic hydroxyl groups is 1. The molecule has 2 atom stereocenters. The van der Waals surface area contributed by atoms with Gasteiger partial charge in [-0.3, -0.25) is 5.43 Å². The summed E-state index contributed by atoms with van der Waals surface area (Å²) in [6.45, 7) is 0. The second-order valence-electron chi connectivity index (χ2n) is 3.11. The molecule has 6 heteroatoms. The molecule has 0 fully saturated rings. The fraction of sp³-hybridized carbons (Fsp3) is 0.222. The van der Waals surface area contributed by atoms with Gasteiger partial charge in [0.2, 0.25) is 0 Å². The van der Waals surface area contributed by atoms with Crippen molar-refractivity contribution in [2.75, 3.05) is 0 Å². The zero-order valence-electron chi connectivity index (χ0n) is 7.91. The largest absolute Gasteiger partial charge is 0.384 e. The summed E-state index contributed by atoms with van der Waals surface area (Å²) in [4.78, 5) is 0. The maximum Gasteiger partial charge on any atom is 0.175 e. The Morgan fingerprint density at radius 1 is 1.33 bits per heavy atom. The average molecular weight is 205 g/mol. The molecule has 1 aromatic rings. The normalized spacial score (nSPS) is 25.3. The van der Waals surface area contributed by atoms with Gasteiger partial charge in [0.1, 0.15) is 0 Å². The number of aliphatic hydroxyl groups excluding tert-OH is 1. The summed E-state index contributed by atoms with van der Waals surface area (Å²) < 4.78 is 0. The third-order valence-electron chi connectivity index (χ3n) is 1.98. The predicted octanol–water partition coefficient (Wildman–Crippen LogP) is 0.333. The van der Waals surface area contributed by atoms with Crippen molar-refractivity contribution >= 4 is 11.5 Å². The fourth-order valence-corrected chi connectivity index (χ4v) is 1.18. The van der Waals surface area contributed by atoms with Crippen LogP contribution in [0.1, 0.15) is 0 Å². The van der Waals surface area contributed by atoms with Crippen molar-refractivity contribution in [2.24, 2.45) is 21.1 Å². The van der Waals surface area contributed by atoms with Gasteiger partial charge in [0.15, 0.2) is 18.1 Å². The molecule has 1 aliphatic heterocycles. The van der Waals surface area contributed by atoms with Crippen molar-refractivity contribution in [3.63, 3.8) is 0 Å². The lowest BCUT2D eigenvalue weighted by atomic mass is 10.3. The van der Waals surface area contributed by atoms with Crippen LogP contribution in [0.3, 0.4) is 0 Å². The fourth-order valence-electron chi connectivity index (χ4n) is 1.18. The summed E-state index contributed by atoms with van der Waals surface area (Å²) >= 11 is 0. The molecule has 2 rings (SSSR count). The van der Waals surface area contributed by atoms with Gasteiger partial charge in [-0.25, -0.2) is 0 Å². The zero-order valence-corrected chi connectivity index (χ0v) is 7.91. The van der Waals surface area contributed by atoms with Gasteiger partial charge in [0.05, 0.1) is 5.69 Å². The standard InChI is InChI=1S/C9H11N5O/c10-8-7(9(15)14-13-8)12-11-6-4-2-1-3-5-6/h1-5,7,9,14-15H,(H2,10,13)/t7-,9+/m0/s1. The molecule has 1 aliphatic rings. The maximum absolute atomic E-state index is 9.38. The summed E-state index contributed by atoms with van der Waals surface area (Å²) in [7, 11) is 0. The van der Waals surface area contributed by atoms with Crippen LogP contribution in [0.25, 0.3) is 0 Å². The Balaban J connectivity index is 2.09. The number of benzene rings is 1. The van der Waals surface area contributed by atoms with Gasteiger partial charge in [-0.2, -0.15) is 15.3 Å². The first-order valence-electron chi connectivity index (χ1n) is 4.50. The van der Waals surface area contributed by atoms with Gasteiger partial charge < -0.3 is 10.8 Å². The highest BCUT2D eigenvalue weighted by Crippen LogP contribution is 2.13. The highest BCUT2D eigenvalue weighted by molar-refractivity contribution is 5.87. The molecule has 0 amide bonds. The topological polar surface area (TPSA) is 95.4 Å². The smallest absolute Gasteiger partial charge is 0.175 e. The third-order valence-corrected chi connectivity index (χ3v) is 1.98. The number of azo groups is 1. The summed E-state index contributed by atoms with van der Waals surface area (Å²) in [5, 5.41) is 20.9. The summed E-state index contributed by atoms with van der Waals surface area (Å²) in [5.74, 6) is 0.238. The van der Waals surface area contributed by atoms with Crippen molar-refractivity contribution in [2.45, 2.75) is 12.3 Å². The van der Waals surface area contributed by atoms with Crippen LogP contribution in [0.4, 0.5) is 5.69 Å². The van der Waals surface area contributed by atoms with E-state index in [1.807, 2.05) is 30.3 Å². The van der Waals surface area contributed by atoms with Crippen molar-refractivity contribution in [1.29, 1.82) is 0 Å². The Morgan fingerprint density at radius 3 is 2.67 bits per heavy atom. The van der Waals surface area contributed by atoms with Crippen LogP contribution < -0.4 is 11.2 Å². The number of nitrogens with two attached hydrogens (primary N) is 1. The van der Waals surface area contributed by atoms with Gasteiger partial charge in [-0.15, -0.1) is 0 Å². The van der Waals surface area contributed by atoms with E-state index >= 15 is 0 Å². The van der Waals surface area contributed by atoms with E-state index in [9.17, 15) is 5.11 Å². The summed E-state index contributed by atoms with van der Waals surface area (Å²) in [6.07, 6.45) is -0.891. The van der Waals surface area contributed by atoms with Crippen molar-refractivity contribution in [1.82, 2.24) is 5.43 Å². The predicted molar refractivity (Wildman–Crippen MR) is 55.5 cm³/mol. The minimum atomic E-state index is -0.891. The second kappa shape index (κ2) is 4.05. The molecule has 1 aromatic carbocycles. The molecule has 0 spiro atoms. The summed E-state index contributed by atoms with van der Waals surface area (Å²) in [6, 6.07) is 8.62. The third kappa shape index (κ3) is 2.10. The number of hydrogen-bond acceptors (Lipinski definition) is 6. The van der Waals surface area contributed by atoms with Crippen molar-refractivity contribution in [3.05, 3.63) is 30.3 Å². The lowest BCUT2D eigenvalue weighted by Crippen LogP contribution is -2.35. The molecule has 15 heavy (non-hydrogen) atoms. The molecular weight excluding hydrogens is 194 g/mol. The molecule has 0 saturated carbocycles. The number of nitrogens with one attached hydrogen (secondary N) is 1. The molecule has 0 bridgehead atoms. The van der Waals surface area contributed by atoms with E-state index in [4.69, 9.17) is 5.73 Å². The van der Waals surface area contributed by atoms with E-state index in [1.54, 1.807) is 0 Å². The molecular formula is C9H11N5O. The average Bonchev–Trinajstić information content (AvgIpc) is 2.58. The lowest BCUT2D eigenvalue weighted by molar-refractivity contribution is 0.142. The van der Waals surface area contributed by atoms with E-state index in [2.05, 4.69) is 20.8 Å². The van der Waals surface area contributed by atoms with E-state index in [0.717, 1.165) is 0 Å². The minimum absolute atomic E-state index is 0.238. The Morgan fingerprint density at radius 2 is 2.07 bits per heavy atom. The number of rotatable bonds is 2. The quantitative estimate of drug-likeness (QED) is 0.607. The van der Waals surface area contributed by atoms with E-state index < -0.39 is 12.3 Å².